The van der Waals surface area contributed by atoms with Crippen LogP contribution in [0.4, 0.5) is 4.39 Å². The molecule has 2 heterocycles. The van der Waals surface area contributed by atoms with Crippen LogP contribution in [0.25, 0.3) is 0 Å². The summed E-state index contributed by atoms with van der Waals surface area (Å²) in [5.74, 6) is -1.12. The van der Waals surface area contributed by atoms with Crippen molar-refractivity contribution < 1.29 is 27.4 Å². The van der Waals surface area contributed by atoms with E-state index in [0.717, 1.165) is 6.26 Å². The lowest BCUT2D eigenvalue weighted by atomic mass is 9.81. The number of aliphatic carboxylic acids is 1. The van der Waals surface area contributed by atoms with Crippen LogP contribution in [-0.4, -0.2) is 68.2 Å². The first kappa shape index (κ1) is 18.1. The number of halogens is 1. The van der Waals surface area contributed by atoms with E-state index in [0.29, 0.717) is 24.4 Å². The highest BCUT2D eigenvalue weighted by Crippen LogP contribution is 2.44. The van der Waals surface area contributed by atoms with Gasteiger partial charge < -0.3 is 9.84 Å². The van der Waals surface area contributed by atoms with E-state index in [1.54, 1.807) is 6.07 Å². The first-order valence-electron chi connectivity index (χ1n) is 7.89. The van der Waals surface area contributed by atoms with E-state index in [2.05, 4.69) is 0 Å². The number of carboxylic acid groups (broad SMARTS) is 1. The lowest BCUT2D eigenvalue weighted by molar-refractivity contribution is -0.148. The lowest BCUT2D eigenvalue weighted by Crippen LogP contribution is -2.41. The molecule has 0 saturated carbocycles. The molecule has 2 aliphatic rings. The van der Waals surface area contributed by atoms with Crippen molar-refractivity contribution in [2.45, 2.75) is 6.54 Å². The molecule has 25 heavy (non-hydrogen) atoms. The second-order valence-electron chi connectivity index (χ2n) is 6.84. The van der Waals surface area contributed by atoms with Gasteiger partial charge in [0, 0.05) is 44.2 Å². The Bertz CT molecular complexity index is 800. The minimum absolute atomic E-state index is 0.0252. The van der Waals surface area contributed by atoms with Crippen LogP contribution in [0.15, 0.2) is 18.2 Å². The summed E-state index contributed by atoms with van der Waals surface area (Å²) >= 11 is 0. The molecule has 2 saturated heterocycles. The van der Waals surface area contributed by atoms with Crippen LogP contribution < -0.4 is 4.74 Å². The molecule has 2 atom stereocenters. The SMILES string of the molecule is COc1ccc(F)cc1CN1C[C@@H]2CN(S(C)(=O)=O)C[C@]2(C(=O)O)C1. The van der Waals surface area contributed by atoms with Gasteiger partial charge in [-0.15, -0.1) is 0 Å². The zero-order chi connectivity index (χ0) is 18.4. The average molecular weight is 372 g/mol. The summed E-state index contributed by atoms with van der Waals surface area (Å²) in [6, 6.07) is 4.23. The highest BCUT2D eigenvalue weighted by atomic mass is 32.2. The number of likely N-dealkylation sites (tertiary alicyclic amines) is 1. The van der Waals surface area contributed by atoms with E-state index in [9.17, 15) is 22.7 Å². The van der Waals surface area contributed by atoms with Crippen molar-refractivity contribution in [3.8, 4) is 5.75 Å². The predicted molar refractivity (Wildman–Crippen MR) is 88.2 cm³/mol. The van der Waals surface area contributed by atoms with Crippen molar-refractivity contribution in [1.29, 1.82) is 0 Å². The molecular weight excluding hydrogens is 351 g/mol. The van der Waals surface area contributed by atoms with Gasteiger partial charge in [0.05, 0.1) is 18.8 Å². The highest BCUT2D eigenvalue weighted by Gasteiger charge is 2.59. The minimum atomic E-state index is -3.43. The fourth-order valence-electron chi connectivity index (χ4n) is 3.91. The van der Waals surface area contributed by atoms with Gasteiger partial charge in [0.1, 0.15) is 11.6 Å². The number of methoxy groups -OCH3 is 1. The molecule has 1 aromatic carbocycles. The number of hydrogen-bond acceptors (Lipinski definition) is 5. The third kappa shape index (κ3) is 3.23. The van der Waals surface area contributed by atoms with Crippen LogP contribution in [0.5, 0.6) is 5.75 Å². The number of sulfonamides is 1. The van der Waals surface area contributed by atoms with Crippen LogP contribution in [0, 0.1) is 17.2 Å². The molecule has 2 fully saturated rings. The number of ether oxygens (including phenoxy) is 1. The summed E-state index contributed by atoms with van der Waals surface area (Å²) in [6.45, 7) is 1.19. The van der Waals surface area contributed by atoms with E-state index in [-0.39, 0.29) is 31.4 Å². The second-order valence-corrected chi connectivity index (χ2v) is 8.82. The van der Waals surface area contributed by atoms with Crippen molar-refractivity contribution in [3.05, 3.63) is 29.6 Å². The zero-order valence-electron chi connectivity index (χ0n) is 14.1. The molecule has 7 nitrogen and oxygen atoms in total. The molecule has 1 aromatic rings. The molecule has 0 unspecified atom stereocenters. The minimum Gasteiger partial charge on any atom is -0.496 e. The average Bonchev–Trinajstić information content (AvgIpc) is 3.02. The van der Waals surface area contributed by atoms with E-state index in [1.807, 2.05) is 4.90 Å². The summed E-state index contributed by atoms with van der Waals surface area (Å²) in [5.41, 5.74) is -0.480. The Hall–Kier alpha value is -1.71. The van der Waals surface area contributed by atoms with Gasteiger partial charge >= 0.3 is 5.97 Å². The third-order valence-electron chi connectivity index (χ3n) is 5.18. The number of carbonyl (C=O) groups is 1. The van der Waals surface area contributed by atoms with Crippen molar-refractivity contribution in [2.75, 3.05) is 39.5 Å². The zero-order valence-corrected chi connectivity index (χ0v) is 14.9. The Morgan fingerprint density at radius 1 is 1.40 bits per heavy atom. The maximum atomic E-state index is 13.5. The Balaban J connectivity index is 1.81. The molecule has 1 N–H and O–H groups in total. The van der Waals surface area contributed by atoms with Gasteiger partial charge in [0.2, 0.25) is 10.0 Å². The fourth-order valence-corrected chi connectivity index (χ4v) is 4.83. The number of rotatable bonds is 5. The van der Waals surface area contributed by atoms with Crippen molar-refractivity contribution in [3.63, 3.8) is 0 Å². The van der Waals surface area contributed by atoms with Crippen molar-refractivity contribution in [2.24, 2.45) is 11.3 Å². The first-order valence-corrected chi connectivity index (χ1v) is 9.74. The van der Waals surface area contributed by atoms with E-state index >= 15 is 0 Å². The second kappa shape index (κ2) is 6.22. The standard InChI is InChI=1S/C16H21FN2O5S/c1-24-14-4-3-13(17)5-11(14)6-18-7-12-8-19(25(2,22)23)10-16(12,9-18)15(20)21/h3-5,12H,6-10H2,1-2H3,(H,20,21)/t12-,16-/m1/s1. The van der Waals surface area contributed by atoms with Crippen LogP contribution in [0.2, 0.25) is 0 Å². The third-order valence-corrected chi connectivity index (χ3v) is 6.40. The van der Waals surface area contributed by atoms with E-state index in [4.69, 9.17) is 4.74 Å². The maximum Gasteiger partial charge on any atom is 0.312 e. The molecule has 3 rings (SSSR count). The summed E-state index contributed by atoms with van der Waals surface area (Å²) in [4.78, 5) is 13.8. The number of fused-ring (bicyclic) bond motifs is 1. The normalized spacial score (nSPS) is 27.4. The molecule has 138 valence electrons. The highest BCUT2D eigenvalue weighted by molar-refractivity contribution is 7.88. The number of hydrogen-bond donors (Lipinski definition) is 1. The van der Waals surface area contributed by atoms with Crippen LogP contribution in [0.3, 0.4) is 0 Å². The lowest BCUT2D eigenvalue weighted by Gasteiger charge is -2.25. The van der Waals surface area contributed by atoms with Gasteiger partial charge in [-0.1, -0.05) is 0 Å². The molecule has 0 amide bonds. The molecule has 0 radical (unpaired) electrons. The quantitative estimate of drug-likeness (QED) is 0.815. The Kier molecular flexibility index (Phi) is 4.50. The maximum absolute atomic E-state index is 13.5. The number of carboxylic acids is 1. The molecular formula is C16H21FN2O5S. The molecule has 2 aliphatic heterocycles. The molecule has 0 aliphatic carbocycles. The van der Waals surface area contributed by atoms with Gasteiger partial charge in [-0.2, -0.15) is 0 Å². The van der Waals surface area contributed by atoms with Crippen LogP contribution in [0.1, 0.15) is 5.56 Å². The summed E-state index contributed by atoms with van der Waals surface area (Å²) in [5, 5.41) is 9.75. The Morgan fingerprint density at radius 3 is 2.68 bits per heavy atom. The predicted octanol–water partition coefficient (Wildman–Crippen LogP) is 0.612. The van der Waals surface area contributed by atoms with Crippen molar-refractivity contribution in [1.82, 2.24) is 9.21 Å². The van der Waals surface area contributed by atoms with E-state index in [1.165, 1.54) is 23.5 Å². The van der Waals surface area contributed by atoms with Gasteiger partial charge in [0.25, 0.3) is 0 Å². The number of benzene rings is 1. The van der Waals surface area contributed by atoms with Gasteiger partial charge in [-0.3, -0.25) is 9.69 Å². The Labute approximate surface area is 146 Å². The van der Waals surface area contributed by atoms with Crippen molar-refractivity contribution >= 4 is 16.0 Å². The summed E-state index contributed by atoms with van der Waals surface area (Å²) in [6.07, 6.45) is 1.10. The number of nitrogens with zero attached hydrogens (tertiary/aromatic N) is 2. The van der Waals surface area contributed by atoms with Crippen LogP contribution >= 0.6 is 0 Å². The van der Waals surface area contributed by atoms with Gasteiger partial charge in [-0.25, -0.2) is 17.1 Å². The topological polar surface area (TPSA) is 87.2 Å². The molecule has 0 bridgehead atoms. The first-order chi connectivity index (χ1) is 11.7. The fraction of sp³-hybridized carbons (Fsp3) is 0.562. The Morgan fingerprint density at radius 2 is 2.12 bits per heavy atom. The van der Waals surface area contributed by atoms with E-state index < -0.39 is 21.4 Å². The van der Waals surface area contributed by atoms with Gasteiger partial charge in [0.15, 0.2) is 0 Å². The molecule has 0 aromatic heterocycles. The molecule has 0 spiro atoms. The summed E-state index contributed by atoms with van der Waals surface area (Å²) in [7, 11) is -1.93. The van der Waals surface area contributed by atoms with Crippen LogP contribution in [-0.2, 0) is 21.4 Å². The smallest absolute Gasteiger partial charge is 0.312 e. The summed E-state index contributed by atoms with van der Waals surface area (Å²) < 4.78 is 43.6. The molecule has 9 heteroatoms. The van der Waals surface area contributed by atoms with Gasteiger partial charge in [-0.05, 0) is 18.2 Å². The monoisotopic (exact) mass is 372 g/mol. The largest absolute Gasteiger partial charge is 0.496 e.